The highest BCUT2D eigenvalue weighted by Crippen LogP contribution is 2.20. The van der Waals surface area contributed by atoms with Crippen LogP contribution >= 0.6 is 0 Å². The van der Waals surface area contributed by atoms with Gasteiger partial charge in [0.15, 0.2) is 16.5 Å². The van der Waals surface area contributed by atoms with Gasteiger partial charge in [-0.25, -0.2) is 5.10 Å². The Bertz CT molecular complexity index is 273. The van der Waals surface area contributed by atoms with Crippen molar-refractivity contribution < 1.29 is 4.79 Å². The summed E-state index contributed by atoms with van der Waals surface area (Å²) in [5.41, 5.74) is 0.942. The molecule has 0 aromatic rings. The summed E-state index contributed by atoms with van der Waals surface area (Å²) >= 11 is 0. The largest absolute Gasteiger partial charge is 0.350 e. The molecule has 0 aliphatic heterocycles. The summed E-state index contributed by atoms with van der Waals surface area (Å²) in [6.07, 6.45) is 0.478. The average molecular weight is 259 g/mol. The van der Waals surface area contributed by atoms with Gasteiger partial charge < -0.3 is 4.34 Å². The van der Waals surface area contributed by atoms with Gasteiger partial charge in [0.25, 0.3) is 0 Å². The van der Waals surface area contributed by atoms with Crippen molar-refractivity contribution in [2.75, 3.05) is 0 Å². The first-order valence-electron chi connectivity index (χ1n) is 5.78. The molecule has 0 saturated heterocycles. The predicted molar refractivity (Wildman–Crippen MR) is 76.9 cm³/mol. The van der Waals surface area contributed by atoms with Crippen LogP contribution in [0.1, 0.15) is 20.3 Å². The average Bonchev–Trinajstić information content (AvgIpc) is 1.94. The maximum absolute atomic E-state index is 11.1. The van der Waals surface area contributed by atoms with Crippen LogP contribution < -0.4 is 0 Å². The van der Waals surface area contributed by atoms with E-state index in [1.807, 2.05) is 6.92 Å². The maximum Gasteiger partial charge on any atom is 0.158 e. The zero-order valence-electron chi connectivity index (χ0n) is 12.0. The molecule has 0 radical (unpaired) electrons. The molecule has 94 valence electrons. The fraction of sp³-hybridized carbons (Fsp3) is 0.818. The number of Topliss-reactive ketones (excluding diaryl/α,β-unsaturated/α-hetero) is 1. The highest BCUT2D eigenvalue weighted by Gasteiger charge is 2.33. The van der Waals surface area contributed by atoms with Gasteiger partial charge in [0.05, 0.1) is 0 Å². The van der Waals surface area contributed by atoms with E-state index >= 15 is 0 Å². The lowest BCUT2D eigenvalue weighted by Crippen LogP contribution is -2.56. The fourth-order valence-corrected chi connectivity index (χ4v) is 10.9. The molecule has 0 aromatic carbocycles. The van der Waals surface area contributed by atoms with E-state index in [4.69, 9.17) is 5.10 Å². The van der Waals surface area contributed by atoms with Gasteiger partial charge in [0.2, 0.25) is 0 Å². The monoisotopic (exact) mass is 258 g/mol. The zero-order valence-corrected chi connectivity index (χ0v) is 14.0. The van der Waals surface area contributed by atoms with E-state index in [1.54, 1.807) is 6.92 Å². The number of nitrogens with zero attached hydrogens (tertiary/aromatic N) is 2. The van der Waals surface area contributed by atoms with Gasteiger partial charge >= 0.3 is 0 Å². The van der Waals surface area contributed by atoms with Crippen molar-refractivity contribution in [3.63, 3.8) is 0 Å². The fourth-order valence-electron chi connectivity index (χ4n) is 1.87. The van der Waals surface area contributed by atoms with Gasteiger partial charge in [-0.2, -0.15) is 0 Å². The van der Waals surface area contributed by atoms with E-state index in [-0.39, 0.29) is 5.78 Å². The summed E-state index contributed by atoms with van der Waals surface area (Å²) in [5.74, 6) is 0.187. The summed E-state index contributed by atoms with van der Waals surface area (Å²) in [7, 11) is -2.88. The van der Waals surface area contributed by atoms with E-state index in [9.17, 15) is 4.79 Å². The SMILES string of the molecule is CC(=O)CC(C)=NN([Si](C)(C)C)[Si](C)(C)C. The van der Waals surface area contributed by atoms with Crippen LogP contribution in [0.4, 0.5) is 0 Å². The van der Waals surface area contributed by atoms with E-state index in [2.05, 4.69) is 43.6 Å². The number of hydrogen-bond acceptors (Lipinski definition) is 3. The molecule has 3 nitrogen and oxygen atoms in total. The number of rotatable bonds is 5. The van der Waals surface area contributed by atoms with Crippen LogP contribution in [0, 0.1) is 0 Å². The molecule has 0 fully saturated rings. The summed E-state index contributed by atoms with van der Waals surface area (Å²) in [4.78, 5) is 11.1. The second-order valence-corrected chi connectivity index (χ2v) is 16.3. The third kappa shape index (κ3) is 5.60. The second kappa shape index (κ2) is 5.27. The van der Waals surface area contributed by atoms with Gasteiger partial charge in [-0.3, -0.25) is 4.79 Å². The third-order valence-electron chi connectivity index (χ3n) is 2.05. The van der Waals surface area contributed by atoms with E-state index in [0.717, 1.165) is 5.71 Å². The van der Waals surface area contributed by atoms with Crippen molar-refractivity contribution >= 4 is 28.0 Å². The Kier molecular flexibility index (Phi) is 5.13. The smallest absolute Gasteiger partial charge is 0.158 e. The molecule has 0 N–H and O–H groups in total. The molecule has 0 bridgehead atoms. The minimum Gasteiger partial charge on any atom is -0.350 e. The van der Waals surface area contributed by atoms with Crippen LogP contribution in [0.25, 0.3) is 0 Å². The van der Waals surface area contributed by atoms with E-state index in [0.29, 0.717) is 6.42 Å². The molecule has 0 unspecified atom stereocenters. The zero-order chi connectivity index (χ0) is 13.1. The number of hydrazone groups is 1. The first kappa shape index (κ1) is 15.6. The molecule has 0 heterocycles. The van der Waals surface area contributed by atoms with E-state index in [1.165, 1.54) is 0 Å². The lowest BCUT2D eigenvalue weighted by atomic mass is 10.2. The number of carbonyl (C=O) groups is 1. The van der Waals surface area contributed by atoms with Crippen molar-refractivity contribution in [3.8, 4) is 0 Å². The summed E-state index contributed by atoms with van der Waals surface area (Å²) < 4.78 is 2.35. The van der Waals surface area contributed by atoms with Crippen LogP contribution in [0.15, 0.2) is 5.10 Å². The summed E-state index contributed by atoms with van der Waals surface area (Å²) in [6, 6.07) is 0. The van der Waals surface area contributed by atoms with Gasteiger partial charge in [0, 0.05) is 12.1 Å². The van der Waals surface area contributed by atoms with Crippen molar-refractivity contribution in [1.29, 1.82) is 0 Å². The minimum absolute atomic E-state index is 0.187. The van der Waals surface area contributed by atoms with Crippen LogP contribution in [0.3, 0.4) is 0 Å². The lowest BCUT2D eigenvalue weighted by molar-refractivity contribution is -0.115. The topological polar surface area (TPSA) is 32.7 Å². The standard InChI is InChI=1S/C11H26N2OSi2/c1-10(9-11(2)14)12-13(15(3,4)5)16(6,7)8/h9H2,1-8H3. The molecular formula is C11H26N2OSi2. The number of carbonyl (C=O) groups excluding carboxylic acids is 1. The highest BCUT2D eigenvalue weighted by atomic mass is 28.4. The quantitative estimate of drug-likeness (QED) is 0.430. The maximum atomic E-state index is 11.1. The minimum atomic E-state index is -1.44. The molecule has 0 aliphatic carbocycles. The second-order valence-electron chi connectivity index (χ2n) is 6.37. The number of ketones is 1. The van der Waals surface area contributed by atoms with Gasteiger partial charge in [-0.15, -0.1) is 0 Å². The Balaban J connectivity index is 5.03. The Hall–Kier alpha value is -0.426. The lowest BCUT2D eigenvalue weighted by Gasteiger charge is -2.41. The van der Waals surface area contributed by atoms with Gasteiger partial charge in [-0.1, -0.05) is 39.3 Å². The van der Waals surface area contributed by atoms with Gasteiger partial charge in [-0.05, 0) is 13.8 Å². The Morgan fingerprint density at radius 3 is 1.62 bits per heavy atom. The molecule has 0 saturated carbocycles. The molecule has 16 heavy (non-hydrogen) atoms. The summed E-state index contributed by atoms with van der Waals surface area (Å²) in [6.45, 7) is 17.4. The van der Waals surface area contributed by atoms with Crippen molar-refractivity contribution in [2.24, 2.45) is 5.10 Å². The Morgan fingerprint density at radius 2 is 1.38 bits per heavy atom. The first-order chi connectivity index (χ1) is 6.94. The van der Waals surface area contributed by atoms with E-state index < -0.39 is 16.5 Å². The molecule has 0 amide bonds. The summed E-state index contributed by atoms with van der Waals surface area (Å²) in [5, 5.41) is 4.71. The third-order valence-corrected chi connectivity index (χ3v) is 8.81. The highest BCUT2D eigenvalue weighted by molar-refractivity contribution is 6.89. The van der Waals surface area contributed by atoms with Crippen LogP contribution in [-0.2, 0) is 4.79 Å². The van der Waals surface area contributed by atoms with Crippen molar-refractivity contribution in [2.45, 2.75) is 59.6 Å². The molecule has 0 spiro atoms. The molecule has 0 aromatic heterocycles. The van der Waals surface area contributed by atoms with Gasteiger partial charge in [0.1, 0.15) is 5.78 Å². The Labute approximate surface area is 102 Å². The van der Waals surface area contributed by atoms with Crippen molar-refractivity contribution in [1.82, 2.24) is 4.34 Å². The predicted octanol–water partition coefficient (Wildman–Crippen LogP) is 3.31. The molecule has 0 aliphatic rings. The van der Waals surface area contributed by atoms with Crippen LogP contribution in [0.2, 0.25) is 39.3 Å². The number of hydrogen-bond donors (Lipinski definition) is 0. The molecule has 5 heteroatoms. The van der Waals surface area contributed by atoms with Crippen LogP contribution in [-0.4, -0.2) is 32.3 Å². The molecule has 0 rings (SSSR count). The first-order valence-corrected chi connectivity index (χ1v) is 12.7. The van der Waals surface area contributed by atoms with Crippen LogP contribution in [0.5, 0.6) is 0 Å². The normalized spacial score (nSPS) is 13.9. The Morgan fingerprint density at radius 1 is 1.00 bits per heavy atom. The molecule has 0 atom stereocenters. The molecular weight excluding hydrogens is 232 g/mol. The van der Waals surface area contributed by atoms with Crippen molar-refractivity contribution in [3.05, 3.63) is 0 Å².